The van der Waals surface area contributed by atoms with Crippen molar-refractivity contribution >= 4 is 58.4 Å². The number of aromatic nitrogens is 2. The number of halogens is 12. The highest BCUT2D eigenvalue weighted by molar-refractivity contribution is 6.35. The van der Waals surface area contributed by atoms with Crippen LogP contribution in [-0.2, 0) is 14.4 Å². The molecule has 3 aromatic rings. The van der Waals surface area contributed by atoms with Crippen molar-refractivity contribution in [1.29, 1.82) is 0 Å². The van der Waals surface area contributed by atoms with Gasteiger partial charge in [0.25, 0.3) is 5.91 Å². The largest absolute Gasteiger partial charge is 0.471 e. The molecule has 2 N–H and O–H groups in total. The zero-order valence-electron chi connectivity index (χ0n) is 33.7. The van der Waals surface area contributed by atoms with E-state index >= 15 is 0 Å². The quantitative estimate of drug-likeness (QED) is 0.0927. The summed E-state index contributed by atoms with van der Waals surface area (Å²) in [5.74, 6) is -7.62. The molecule has 0 saturated carbocycles. The predicted octanol–water partition coefficient (Wildman–Crippen LogP) is 7.87. The van der Waals surface area contributed by atoms with Gasteiger partial charge in [0, 0.05) is 73.5 Å². The Hall–Kier alpha value is -4.31. The zero-order chi connectivity index (χ0) is 46.7. The first-order chi connectivity index (χ1) is 29.5. The van der Waals surface area contributed by atoms with E-state index in [1.54, 1.807) is 59.1 Å². The minimum absolute atomic E-state index is 0.0409. The number of hydrogen-bond donors (Lipinski definition) is 2. The standard InChI is InChI=1S/C39H44Cl3F9N8O4/c1-25-31(54-59(30-13-12-28(41)24-29(30)42)32(25)26-8-10-27(40)11-9-26)33(60)58(57-19-3-2-4-20-57)21-6-15-52-14-5-17-55(35(62)38(46,47)48)22-23-56(36(63)39(49,50)51)18-7-16-53-34(61)37(43,44)45/h8-13,24,52H,2-7,14-23H2,1H3,(H,53,61). The van der Waals surface area contributed by atoms with Gasteiger partial charge < -0.3 is 20.4 Å². The lowest BCUT2D eigenvalue weighted by atomic mass is 10.1. The second kappa shape index (κ2) is 22.5. The third-order valence-electron chi connectivity index (χ3n) is 9.84. The third kappa shape index (κ3) is 14.6. The van der Waals surface area contributed by atoms with Crippen molar-refractivity contribution in [3.8, 4) is 16.9 Å². The summed E-state index contributed by atoms with van der Waals surface area (Å²) >= 11 is 18.9. The van der Waals surface area contributed by atoms with Crippen LogP contribution < -0.4 is 10.6 Å². The molecule has 2 heterocycles. The minimum Gasteiger partial charge on any atom is -0.348 e. The van der Waals surface area contributed by atoms with Crippen molar-refractivity contribution < 1.29 is 58.7 Å². The molecular weight excluding hydrogens is 922 g/mol. The lowest BCUT2D eigenvalue weighted by Gasteiger charge is -2.37. The molecule has 63 heavy (non-hydrogen) atoms. The molecule has 4 amide bonds. The van der Waals surface area contributed by atoms with Crippen LogP contribution in [0.25, 0.3) is 16.9 Å². The summed E-state index contributed by atoms with van der Waals surface area (Å²) in [4.78, 5) is 50.0. The highest BCUT2D eigenvalue weighted by Crippen LogP contribution is 2.34. The fourth-order valence-corrected chi connectivity index (χ4v) is 7.38. The first-order valence-corrected chi connectivity index (χ1v) is 20.8. The molecule has 24 heteroatoms. The molecular formula is C39H44Cl3F9N8O4. The molecule has 1 saturated heterocycles. The van der Waals surface area contributed by atoms with Crippen LogP contribution in [0.15, 0.2) is 42.5 Å². The van der Waals surface area contributed by atoms with Gasteiger partial charge in [-0.3, -0.25) is 24.2 Å². The van der Waals surface area contributed by atoms with Gasteiger partial charge in [-0.1, -0.05) is 53.4 Å². The second-order valence-corrected chi connectivity index (χ2v) is 15.7. The molecule has 0 bridgehead atoms. The van der Waals surface area contributed by atoms with Gasteiger partial charge in [0.05, 0.1) is 16.4 Å². The number of nitrogens with one attached hydrogen (secondary N) is 2. The van der Waals surface area contributed by atoms with Crippen molar-refractivity contribution in [1.82, 2.24) is 40.2 Å². The Kier molecular flexibility index (Phi) is 18.4. The van der Waals surface area contributed by atoms with E-state index in [1.807, 2.05) is 5.01 Å². The summed E-state index contributed by atoms with van der Waals surface area (Å²) in [6.07, 6.45) is -13.9. The van der Waals surface area contributed by atoms with Crippen molar-refractivity contribution in [2.24, 2.45) is 0 Å². The van der Waals surface area contributed by atoms with E-state index in [4.69, 9.17) is 39.9 Å². The van der Waals surface area contributed by atoms with Crippen LogP contribution in [0, 0.1) is 6.92 Å². The number of rotatable bonds is 19. The zero-order valence-corrected chi connectivity index (χ0v) is 36.0. The third-order valence-corrected chi connectivity index (χ3v) is 10.6. The van der Waals surface area contributed by atoms with E-state index in [1.165, 1.54) is 5.32 Å². The summed E-state index contributed by atoms with van der Waals surface area (Å²) in [6, 6.07) is 11.9. The smallest absolute Gasteiger partial charge is 0.348 e. The lowest BCUT2D eigenvalue weighted by molar-refractivity contribution is -0.189. The minimum atomic E-state index is -5.49. The van der Waals surface area contributed by atoms with Gasteiger partial charge >= 0.3 is 36.3 Å². The van der Waals surface area contributed by atoms with Crippen LogP contribution in [0.3, 0.4) is 0 Å². The Balaban J connectivity index is 1.41. The van der Waals surface area contributed by atoms with Crippen LogP contribution in [-0.4, -0.2) is 137 Å². The molecule has 12 nitrogen and oxygen atoms in total. The van der Waals surface area contributed by atoms with Gasteiger partial charge in [-0.15, -0.1) is 0 Å². The van der Waals surface area contributed by atoms with Crippen LogP contribution in [0.5, 0.6) is 0 Å². The second-order valence-electron chi connectivity index (χ2n) is 14.4. The summed E-state index contributed by atoms with van der Waals surface area (Å²) in [5, 5.41) is 14.0. The van der Waals surface area contributed by atoms with Crippen LogP contribution in [0.1, 0.15) is 54.6 Å². The number of benzene rings is 2. The molecule has 1 aromatic heterocycles. The summed E-state index contributed by atoms with van der Waals surface area (Å²) in [7, 11) is 0. The normalized spacial score (nSPS) is 13.8. The molecule has 0 spiro atoms. The van der Waals surface area contributed by atoms with Gasteiger partial charge in [0.1, 0.15) is 0 Å². The van der Waals surface area contributed by atoms with Crippen LogP contribution in [0.2, 0.25) is 15.1 Å². The maximum atomic E-state index is 14.5. The molecule has 1 aliphatic rings. The molecule has 1 aliphatic heterocycles. The molecule has 0 radical (unpaired) electrons. The number of carbonyl (C=O) groups is 4. The number of nitrogens with zero attached hydrogens (tertiary/aromatic N) is 6. The van der Waals surface area contributed by atoms with Gasteiger partial charge in [-0.25, -0.2) is 9.69 Å². The van der Waals surface area contributed by atoms with Crippen LogP contribution >= 0.6 is 34.8 Å². The Bertz CT molecular complexity index is 2040. The molecule has 0 atom stereocenters. The molecule has 0 aliphatic carbocycles. The lowest BCUT2D eigenvalue weighted by Crippen LogP contribution is -2.50. The molecule has 2 aromatic carbocycles. The van der Waals surface area contributed by atoms with E-state index in [0.29, 0.717) is 52.1 Å². The molecule has 4 rings (SSSR count). The van der Waals surface area contributed by atoms with E-state index in [-0.39, 0.29) is 52.5 Å². The Labute approximate surface area is 371 Å². The van der Waals surface area contributed by atoms with Crippen molar-refractivity contribution in [2.45, 2.75) is 64.0 Å². The summed E-state index contributed by atoms with van der Waals surface area (Å²) < 4.78 is 119. The number of amides is 4. The maximum absolute atomic E-state index is 14.5. The number of alkyl halides is 9. The summed E-state index contributed by atoms with van der Waals surface area (Å²) in [5.41, 5.74) is 2.49. The average Bonchev–Trinajstić information content (AvgIpc) is 3.55. The predicted molar refractivity (Wildman–Crippen MR) is 216 cm³/mol. The van der Waals surface area contributed by atoms with Crippen LogP contribution in [0.4, 0.5) is 39.5 Å². The molecule has 0 unspecified atom stereocenters. The number of hydrogen-bond acceptors (Lipinski definition) is 7. The van der Waals surface area contributed by atoms with Gasteiger partial charge in [0.2, 0.25) is 0 Å². The van der Waals surface area contributed by atoms with E-state index in [2.05, 4.69) is 5.32 Å². The van der Waals surface area contributed by atoms with Crippen molar-refractivity contribution in [2.75, 3.05) is 65.4 Å². The van der Waals surface area contributed by atoms with Crippen molar-refractivity contribution in [3.05, 3.63) is 68.8 Å². The van der Waals surface area contributed by atoms with Gasteiger partial charge in [0.15, 0.2) is 5.69 Å². The first-order valence-electron chi connectivity index (χ1n) is 19.7. The fourth-order valence-electron chi connectivity index (χ4n) is 6.76. The number of carbonyl (C=O) groups excluding carboxylic acids is 4. The topological polar surface area (TPSA) is 123 Å². The van der Waals surface area contributed by atoms with E-state index in [9.17, 15) is 58.7 Å². The maximum Gasteiger partial charge on any atom is 0.471 e. The fraction of sp³-hybridized carbons (Fsp3) is 0.513. The highest BCUT2D eigenvalue weighted by Gasteiger charge is 2.45. The molecule has 1 fully saturated rings. The average molecular weight is 966 g/mol. The van der Waals surface area contributed by atoms with Crippen molar-refractivity contribution in [3.63, 3.8) is 0 Å². The highest BCUT2D eigenvalue weighted by atomic mass is 35.5. The Morgan fingerprint density at radius 2 is 1.21 bits per heavy atom. The summed E-state index contributed by atoms with van der Waals surface area (Å²) in [6.45, 7) is -0.832. The first kappa shape index (κ1) is 51.3. The number of hydrazine groups is 1. The Morgan fingerprint density at radius 3 is 1.73 bits per heavy atom. The number of piperidine rings is 1. The SMILES string of the molecule is Cc1c(C(=O)N(CCCNCCCN(CCN(CCCNC(=O)C(F)(F)F)C(=O)C(F)(F)F)C(=O)C(F)(F)F)N2CCCCC2)nn(-c2ccc(Cl)cc2Cl)c1-c1ccc(Cl)cc1. The monoisotopic (exact) mass is 964 g/mol. The van der Waals surface area contributed by atoms with E-state index < -0.39 is 75.4 Å². The molecule has 348 valence electrons. The Morgan fingerprint density at radius 1 is 0.683 bits per heavy atom. The van der Waals surface area contributed by atoms with E-state index in [0.717, 1.165) is 19.3 Å². The van der Waals surface area contributed by atoms with Gasteiger partial charge in [-0.05, 0) is 82.4 Å². The van der Waals surface area contributed by atoms with Gasteiger partial charge in [-0.2, -0.15) is 44.6 Å².